The third-order valence-electron chi connectivity index (χ3n) is 2.41. The van der Waals surface area contributed by atoms with Crippen LogP contribution in [0.3, 0.4) is 0 Å². The molecule has 1 aromatic carbocycles. The third-order valence-corrected chi connectivity index (χ3v) is 2.41. The number of carboxylic acid groups (broad SMARTS) is 1. The van der Waals surface area contributed by atoms with Crippen LogP contribution in [-0.4, -0.2) is 17.1 Å². The van der Waals surface area contributed by atoms with Crippen LogP contribution in [0.4, 0.5) is 5.69 Å². The van der Waals surface area contributed by atoms with Crippen LogP contribution in [-0.2, 0) is 4.79 Å². The molecule has 0 heterocycles. The lowest BCUT2D eigenvalue weighted by atomic mass is 10.0. The lowest BCUT2D eigenvalue weighted by Crippen LogP contribution is -2.26. The molecule has 0 aromatic heterocycles. The van der Waals surface area contributed by atoms with Crippen molar-refractivity contribution in [3.63, 3.8) is 0 Å². The Balaban J connectivity index is 3.00. The largest absolute Gasteiger partial charge is 0.480 e. The Morgan fingerprint density at radius 1 is 1.27 bits per heavy atom. The second-order valence-corrected chi connectivity index (χ2v) is 3.98. The van der Waals surface area contributed by atoms with E-state index in [0.717, 1.165) is 16.8 Å². The van der Waals surface area contributed by atoms with Gasteiger partial charge in [0.2, 0.25) is 0 Å². The molecular formula is C12H17NO2. The van der Waals surface area contributed by atoms with E-state index in [9.17, 15) is 4.79 Å². The van der Waals surface area contributed by atoms with Gasteiger partial charge in [0.15, 0.2) is 0 Å². The van der Waals surface area contributed by atoms with Gasteiger partial charge in [0, 0.05) is 5.69 Å². The van der Waals surface area contributed by atoms with Crippen molar-refractivity contribution in [2.75, 3.05) is 5.32 Å². The lowest BCUT2D eigenvalue weighted by molar-refractivity contribution is -0.137. The second kappa shape index (κ2) is 4.34. The Morgan fingerprint density at radius 3 is 2.13 bits per heavy atom. The van der Waals surface area contributed by atoms with Gasteiger partial charge in [-0.15, -0.1) is 0 Å². The second-order valence-electron chi connectivity index (χ2n) is 3.98. The van der Waals surface area contributed by atoms with Gasteiger partial charge in [-0.05, 0) is 38.8 Å². The molecule has 1 rings (SSSR count). The number of nitrogens with one attached hydrogen (secondary N) is 1. The summed E-state index contributed by atoms with van der Waals surface area (Å²) in [6.07, 6.45) is 0. The van der Waals surface area contributed by atoms with Crippen molar-refractivity contribution in [3.05, 3.63) is 28.8 Å². The van der Waals surface area contributed by atoms with Gasteiger partial charge in [0.05, 0.1) is 0 Å². The summed E-state index contributed by atoms with van der Waals surface area (Å²) < 4.78 is 0. The number of hydrogen-bond acceptors (Lipinski definition) is 2. The maximum Gasteiger partial charge on any atom is 0.325 e. The smallest absolute Gasteiger partial charge is 0.325 e. The summed E-state index contributed by atoms with van der Waals surface area (Å²) in [6, 6.07) is 3.53. The molecule has 0 radical (unpaired) electrons. The minimum Gasteiger partial charge on any atom is -0.480 e. The Bertz CT molecular complexity index is 362. The topological polar surface area (TPSA) is 49.3 Å². The molecule has 1 aromatic rings. The normalized spacial score (nSPS) is 12.3. The molecule has 0 saturated heterocycles. The molecule has 0 bridgehead atoms. The number of rotatable bonds is 3. The van der Waals surface area contributed by atoms with Crippen molar-refractivity contribution in [1.29, 1.82) is 0 Å². The highest BCUT2D eigenvalue weighted by molar-refractivity contribution is 5.77. The first-order valence-electron chi connectivity index (χ1n) is 4.99. The van der Waals surface area contributed by atoms with Crippen molar-refractivity contribution < 1.29 is 9.90 Å². The van der Waals surface area contributed by atoms with E-state index in [1.54, 1.807) is 6.92 Å². The van der Waals surface area contributed by atoms with Gasteiger partial charge in [0.25, 0.3) is 0 Å². The van der Waals surface area contributed by atoms with Crippen molar-refractivity contribution in [1.82, 2.24) is 0 Å². The molecule has 0 unspecified atom stereocenters. The molecule has 0 aliphatic rings. The van der Waals surface area contributed by atoms with Crippen molar-refractivity contribution in [3.8, 4) is 0 Å². The first-order valence-corrected chi connectivity index (χ1v) is 4.99. The van der Waals surface area contributed by atoms with Crippen molar-refractivity contribution >= 4 is 11.7 Å². The molecule has 0 fully saturated rings. The van der Waals surface area contributed by atoms with Gasteiger partial charge >= 0.3 is 5.97 Å². The average Bonchev–Trinajstić information content (AvgIpc) is 2.10. The summed E-state index contributed by atoms with van der Waals surface area (Å²) in [7, 11) is 0. The van der Waals surface area contributed by atoms with Gasteiger partial charge in [0.1, 0.15) is 6.04 Å². The zero-order valence-corrected chi connectivity index (χ0v) is 9.59. The first kappa shape index (κ1) is 11.6. The fraction of sp³-hybridized carbons (Fsp3) is 0.417. The number of carbonyl (C=O) groups is 1. The molecule has 0 amide bonds. The van der Waals surface area contributed by atoms with Crippen LogP contribution in [0.25, 0.3) is 0 Å². The highest BCUT2D eigenvalue weighted by Gasteiger charge is 2.12. The monoisotopic (exact) mass is 207 g/mol. The van der Waals surface area contributed by atoms with Crippen LogP contribution in [0.1, 0.15) is 23.6 Å². The summed E-state index contributed by atoms with van der Waals surface area (Å²) >= 11 is 0. The van der Waals surface area contributed by atoms with Gasteiger partial charge in [-0.25, -0.2) is 0 Å². The van der Waals surface area contributed by atoms with Gasteiger partial charge in [-0.2, -0.15) is 0 Å². The molecule has 0 spiro atoms. The number of benzene rings is 1. The quantitative estimate of drug-likeness (QED) is 0.800. The molecule has 0 aliphatic heterocycles. The predicted octanol–water partition coefficient (Wildman–Crippen LogP) is 2.50. The molecule has 82 valence electrons. The van der Waals surface area contributed by atoms with Crippen LogP contribution in [0, 0.1) is 20.8 Å². The minimum absolute atomic E-state index is 0.565. The first-order chi connectivity index (χ1) is 6.91. The summed E-state index contributed by atoms with van der Waals surface area (Å²) in [5.74, 6) is -0.839. The lowest BCUT2D eigenvalue weighted by Gasteiger charge is -2.16. The third kappa shape index (κ3) is 2.72. The summed E-state index contributed by atoms with van der Waals surface area (Å²) in [4.78, 5) is 10.7. The van der Waals surface area contributed by atoms with Crippen molar-refractivity contribution in [2.45, 2.75) is 33.7 Å². The molecule has 1 atom stereocenters. The van der Waals surface area contributed by atoms with Gasteiger partial charge in [-0.3, -0.25) is 4.79 Å². The SMILES string of the molecule is Cc1cc(C)c(N[C@H](C)C(=O)O)c(C)c1. The van der Waals surface area contributed by atoms with Crippen LogP contribution in [0.2, 0.25) is 0 Å². The summed E-state index contributed by atoms with van der Waals surface area (Å²) in [6.45, 7) is 7.64. The molecule has 3 nitrogen and oxygen atoms in total. The molecule has 15 heavy (non-hydrogen) atoms. The molecular weight excluding hydrogens is 190 g/mol. The Labute approximate surface area is 90.1 Å². The Hall–Kier alpha value is -1.51. The number of anilines is 1. The van der Waals surface area contributed by atoms with E-state index in [1.165, 1.54) is 5.56 Å². The average molecular weight is 207 g/mol. The summed E-state index contributed by atoms with van der Waals surface area (Å²) in [5, 5.41) is 11.8. The molecule has 2 N–H and O–H groups in total. The Morgan fingerprint density at radius 2 is 1.73 bits per heavy atom. The molecule has 0 saturated carbocycles. The minimum atomic E-state index is -0.839. The van der Waals surface area contributed by atoms with E-state index in [4.69, 9.17) is 5.11 Å². The number of hydrogen-bond donors (Lipinski definition) is 2. The molecule has 0 aliphatic carbocycles. The Kier molecular flexibility index (Phi) is 3.35. The summed E-state index contributed by atoms with van der Waals surface area (Å²) in [5.41, 5.74) is 4.29. The van der Waals surface area contributed by atoms with E-state index in [2.05, 4.69) is 5.32 Å². The number of aliphatic carboxylic acids is 1. The fourth-order valence-electron chi connectivity index (χ4n) is 1.69. The number of carboxylic acids is 1. The van der Waals surface area contributed by atoms with Crippen LogP contribution >= 0.6 is 0 Å². The predicted molar refractivity (Wildman–Crippen MR) is 61.4 cm³/mol. The van der Waals surface area contributed by atoms with Crippen LogP contribution < -0.4 is 5.32 Å². The highest BCUT2D eigenvalue weighted by Crippen LogP contribution is 2.22. The highest BCUT2D eigenvalue weighted by atomic mass is 16.4. The van der Waals surface area contributed by atoms with E-state index in [1.807, 2.05) is 32.9 Å². The fourth-order valence-corrected chi connectivity index (χ4v) is 1.69. The zero-order chi connectivity index (χ0) is 11.6. The number of aryl methyl sites for hydroxylation is 3. The standard InChI is InChI=1S/C12H17NO2/c1-7-5-8(2)11(9(3)6-7)13-10(4)12(14)15/h5-6,10,13H,1-4H3,(H,14,15)/t10-/m1/s1. The van der Waals surface area contributed by atoms with Crippen molar-refractivity contribution in [2.24, 2.45) is 0 Å². The maximum atomic E-state index is 10.7. The van der Waals surface area contributed by atoms with Gasteiger partial charge < -0.3 is 10.4 Å². The van der Waals surface area contributed by atoms with Crippen LogP contribution in [0.5, 0.6) is 0 Å². The van der Waals surface area contributed by atoms with E-state index >= 15 is 0 Å². The van der Waals surface area contributed by atoms with Crippen LogP contribution in [0.15, 0.2) is 12.1 Å². The molecule has 3 heteroatoms. The zero-order valence-electron chi connectivity index (χ0n) is 9.59. The maximum absolute atomic E-state index is 10.7. The van der Waals surface area contributed by atoms with E-state index < -0.39 is 12.0 Å². The van der Waals surface area contributed by atoms with E-state index in [-0.39, 0.29) is 0 Å². The van der Waals surface area contributed by atoms with Gasteiger partial charge in [-0.1, -0.05) is 17.7 Å². The van der Waals surface area contributed by atoms with E-state index in [0.29, 0.717) is 0 Å².